The Kier molecular flexibility index (Phi) is 3.44. The number of aryl methyl sites for hydroxylation is 2. The molecule has 0 radical (unpaired) electrons. The first-order chi connectivity index (χ1) is 9.69. The molecule has 104 valence electrons. The van der Waals surface area contributed by atoms with Gasteiger partial charge in [-0.25, -0.2) is 0 Å². The van der Waals surface area contributed by atoms with Crippen LogP contribution in [0.15, 0.2) is 40.4 Å². The standard InChI is InChI=1S/C15H18N4S/c1-3-8-19-15(14(16)10(2)18-19)20-13-9-11-6-4-5-7-12(11)17-13/h4-7,9,17H,3,8,16H2,1-2H3. The summed E-state index contributed by atoms with van der Waals surface area (Å²) in [4.78, 5) is 3.42. The number of benzene rings is 1. The van der Waals surface area contributed by atoms with Gasteiger partial charge in [-0.1, -0.05) is 36.9 Å². The summed E-state index contributed by atoms with van der Waals surface area (Å²) in [6, 6.07) is 10.4. The lowest BCUT2D eigenvalue weighted by Gasteiger charge is -2.05. The lowest BCUT2D eigenvalue weighted by molar-refractivity contribution is 0.556. The molecule has 0 amide bonds. The van der Waals surface area contributed by atoms with Crippen LogP contribution < -0.4 is 5.73 Å². The Balaban J connectivity index is 1.97. The summed E-state index contributed by atoms with van der Waals surface area (Å²) in [5.74, 6) is 0. The van der Waals surface area contributed by atoms with Gasteiger partial charge in [0.25, 0.3) is 0 Å². The molecule has 5 heteroatoms. The quantitative estimate of drug-likeness (QED) is 0.766. The number of para-hydroxylation sites is 1. The fraction of sp³-hybridized carbons (Fsp3) is 0.267. The van der Waals surface area contributed by atoms with Crippen LogP contribution in [0.25, 0.3) is 10.9 Å². The molecule has 0 aliphatic rings. The zero-order valence-electron chi connectivity index (χ0n) is 11.7. The highest BCUT2D eigenvalue weighted by Crippen LogP contribution is 2.34. The van der Waals surface area contributed by atoms with Gasteiger partial charge in [-0.3, -0.25) is 4.68 Å². The fourth-order valence-electron chi connectivity index (χ4n) is 2.25. The first kappa shape index (κ1) is 13.1. The van der Waals surface area contributed by atoms with Gasteiger partial charge in [0.15, 0.2) is 0 Å². The Morgan fingerprint density at radius 1 is 1.35 bits per heavy atom. The summed E-state index contributed by atoms with van der Waals surface area (Å²) in [5, 5.41) is 7.84. The zero-order valence-corrected chi connectivity index (χ0v) is 12.5. The van der Waals surface area contributed by atoms with Gasteiger partial charge in [0, 0.05) is 17.4 Å². The maximum absolute atomic E-state index is 6.16. The average Bonchev–Trinajstić information content (AvgIpc) is 2.96. The van der Waals surface area contributed by atoms with Crippen molar-refractivity contribution in [2.45, 2.75) is 36.9 Å². The number of fused-ring (bicyclic) bond motifs is 1. The van der Waals surface area contributed by atoms with E-state index in [9.17, 15) is 0 Å². The van der Waals surface area contributed by atoms with Crippen molar-refractivity contribution in [3.63, 3.8) is 0 Å². The molecule has 0 aliphatic carbocycles. The minimum atomic E-state index is 0.780. The maximum atomic E-state index is 6.16. The number of nitrogens with two attached hydrogens (primary N) is 1. The Bertz CT molecular complexity index is 708. The number of anilines is 1. The van der Waals surface area contributed by atoms with Crippen LogP contribution in [0.4, 0.5) is 5.69 Å². The second kappa shape index (κ2) is 5.25. The van der Waals surface area contributed by atoms with Crippen LogP contribution in [0.3, 0.4) is 0 Å². The number of aromatic nitrogens is 3. The number of hydrogen-bond acceptors (Lipinski definition) is 3. The summed E-state index contributed by atoms with van der Waals surface area (Å²) in [6.07, 6.45) is 1.04. The largest absolute Gasteiger partial charge is 0.395 e. The van der Waals surface area contributed by atoms with Gasteiger partial charge in [0.1, 0.15) is 5.03 Å². The molecule has 0 bridgehead atoms. The fourth-order valence-corrected chi connectivity index (χ4v) is 3.30. The van der Waals surface area contributed by atoms with Gasteiger partial charge in [-0.2, -0.15) is 5.10 Å². The lowest BCUT2D eigenvalue weighted by atomic mass is 10.3. The van der Waals surface area contributed by atoms with Crippen LogP contribution in [0.1, 0.15) is 19.0 Å². The molecular formula is C15H18N4S. The van der Waals surface area contributed by atoms with E-state index in [0.717, 1.165) is 39.9 Å². The summed E-state index contributed by atoms with van der Waals surface area (Å²) in [5.41, 5.74) is 8.98. The second-order valence-corrected chi connectivity index (χ2v) is 5.88. The minimum Gasteiger partial charge on any atom is -0.395 e. The van der Waals surface area contributed by atoms with E-state index in [4.69, 9.17) is 5.73 Å². The predicted molar refractivity (Wildman–Crippen MR) is 84.1 cm³/mol. The number of nitrogen functional groups attached to an aromatic ring is 1. The van der Waals surface area contributed by atoms with Gasteiger partial charge in [0.2, 0.25) is 0 Å². The number of rotatable bonds is 4. The van der Waals surface area contributed by atoms with Crippen LogP contribution in [-0.4, -0.2) is 14.8 Å². The molecule has 0 aliphatic heterocycles. The Morgan fingerprint density at radius 3 is 2.90 bits per heavy atom. The molecule has 0 atom stereocenters. The van der Waals surface area contributed by atoms with Gasteiger partial charge in [-0.05, 0) is 25.5 Å². The van der Waals surface area contributed by atoms with E-state index in [0.29, 0.717) is 0 Å². The third-order valence-electron chi connectivity index (χ3n) is 3.27. The summed E-state index contributed by atoms with van der Waals surface area (Å²) < 4.78 is 2.00. The van der Waals surface area contributed by atoms with Crippen molar-refractivity contribution in [2.24, 2.45) is 0 Å². The monoisotopic (exact) mass is 286 g/mol. The second-order valence-electron chi connectivity index (χ2n) is 4.85. The normalized spacial score (nSPS) is 11.3. The van der Waals surface area contributed by atoms with E-state index in [1.165, 1.54) is 5.39 Å². The number of aromatic amines is 1. The third-order valence-corrected chi connectivity index (χ3v) is 4.34. The molecule has 0 saturated heterocycles. The molecule has 1 aromatic carbocycles. The van der Waals surface area contributed by atoms with Gasteiger partial charge in [0.05, 0.1) is 16.4 Å². The van der Waals surface area contributed by atoms with Gasteiger partial charge < -0.3 is 10.7 Å². The molecule has 0 unspecified atom stereocenters. The number of hydrogen-bond donors (Lipinski definition) is 2. The van der Waals surface area contributed by atoms with Crippen molar-refractivity contribution in [1.82, 2.24) is 14.8 Å². The van der Waals surface area contributed by atoms with Crippen LogP contribution >= 0.6 is 11.8 Å². The molecule has 0 spiro atoms. The van der Waals surface area contributed by atoms with Gasteiger partial charge >= 0.3 is 0 Å². The third kappa shape index (κ3) is 2.29. The first-order valence-corrected chi connectivity index (χ1v) is 7.59. The predicted octanol–water partition coefficient (Wildman–Crippen LogP) is 3.82. The number of H-pyrrole nitrogens is 1. The van der Waals surface area contributed by atoms with Crippen molar-refractivity contribution in [3.8, 4) is 0 Å². The van der Waals surface area contributed by atoms with Crippen molar-refractivity contribution in [2.75, 3.05) is 5.73 Å². The number of nitrogens with zero attached hydrogens (tertiary/aromatic N) is 2. The highest BCUT2D eigenvalue weighted by atomic mass is 32.2. The molecule has 2 aromatic heterocycles. The first-order valence-electron chi connectivity index (χ1n) is 6.77. The van der Waals surface area contributed by atoms with E-state index >= 15 is 0 Å². The van der Waals surface area contributed by atoms with E-state index in [1.807, 2.05) is 23.7 Å². The minimum absolute atomic E-state index is 0.780. The molecule has 20 heavy (non-hydrogen) atoms. The Hall–Kier alpha value is -1.88. The van der Waals surface area contributed by atoms with Crippen molar-refractivity contribution < 1.29 is 0 Å². The van der Waals surface area contributed by atoms with Crippen LogP contribution in [0.2, 0.25) is 0 Å². The molecule has 0 saturated carbocycles. The van der Waals surface area contributed by atoms with Crippen molar-refractivity contribution in [1.29, 1.82) is 0 Å². The molecule has 0 fully saturated rings. The summed E-state index contributed by atoms with van der Waals surface area (Å²) in [6.45, 7) is 4.99. The molecule has 2 heterocycles. The summed E-state index contributed by atoms with van der Waals surface area (Å²) in [7, 11) is 0. The van der Waals surface area contributed by atoms with Crippen molar-refractivity contribution >= 4 is 28.4 Å². The Morgan fingerprint density at radius 2 is 2.15 bits per heavy atom. The van der Waals surface area contributed by atoms with E-state index in [-0.39, 0.29) is 0 Å². The average molecular weight is 286 g/mol. The molecular weight excluding hydrogens is 268 g/mol. The van der Waals surface area contributed by atoms with Crippen LogP contribution in [0, 0.1) is 6.92 Å². The van der Waals surface area contributed by atoms with E-state index in [1.54, 1.807) is 11.8 Å². The van der Waals surface area contributed by atoms with Gasteiger partial charge in [-0.15, -0.1) is 0 Å². The maximum Gasteiger partial charge on any atom is 0.123 e. The van der Waals surface area contributed by atoms with Crippen LogP contribution in [-0.2, 0) is 6.54 Å². The highest BCUT2D eigenvalue weighted by molar-refractivity contribution is 7.99. The lowest BCUT2D eigenvalue weighted by Crippen LogP contribution is -2.01. The molecule has 3 N–H and O–H groups in total. The number of nitrogens with one attached hydrogen (secondary N) is 1. The van der Waals surface area contributed by atoms with Crippen molar-refractivity contribution in [3.05, 3.63) is 36.0 Å². The SMILES string of the molecule is CCCn1nc(C)c(N)c1Sc1cc2ccccc2[nH]1. The molecule has 4 nitrogen and oxygen atoms in total. The van der Waals surface area contributed by atoms with Crippen LogP contribution in [0.5, 0.6) is 0 Å². The Labute approximate surface area is 122 Å². The molecule has 3 rings (SSSR count). The topological polar surface area (TPSA) is 59.6 Å². The van der Waals surface area contributed by atoms with E-state index in [2.05, 4.69) is 35.2 Å². The van der Waals surface area contributed by atoms with E-state index < -0.39 is 0 Å². The molecule has 3 aromatic rings. The summed E-state index contributed by atoms with van der Waals surface area (Å²) >= 11 is 1.65. The zero-order chi connectivity index (χ0) is 14.1. The smallest absolute Gasteiger partial charge is 0.123 e. The highest BCUT2D eigenvalue weighted by Gasteiger charge is 2.14.